The van der Waals surface area contributed by atoms with Crippen molar-refractivity contribution < 1.29 is 14.7 Å². The topological polar surface area (TPSA) is 54.4 Å². The summed E-state index contributed by atoms with van der Waals surface area (Å²) in [6.45, 7) is 3.09. The van der Waals surface area contributed by atoms with Crippen molar-refractivity contribution in [2.75, 3.05) is 5.75 Å². The van der Waals surface area contributed by atoms with Gasteiger partial charge in [0.05, 0.1) is 0 Å². The number of hydrogen-bond donors (Lipinski definition) is 1. The van der Waals surface area contributed by atoms with E-state index >= 15 is 0 Å². The molecule has 0 bridgehead atoms. The molecule has 1 aromatic rings. The third-order valence-electron chi connectivity index (χ3n) is 2.32. The number of carbonyl (C=O) groups is 2. The molecule has 1 aromatic carbocycles. The number of aliphatic hydroxyl groups excluding tert-OH is 1. The van der Waals surface area contributed by atoms with Gasteiger partial charge in [0.25, 0.3) is 0 Å². The summed E-state index contributed by atoms with van der Waals surface area (Å²) in [5.74, 6) is -0.158. The molecule has 0 radical (unpaired) electrons. The van der Waals surface area contributed by atoms with Gasteiger partial charge in [0, 0.05) is 0 Å². The number of rotatable bonds is 5. The maximum Gasteiger partial charge on any atom is 0.226 e. The molecule has 0 atom stereocenters. The van der Waals surface area contributed by atoms with Crippen molar-refractivity contribution in [2.45, 2.75) is 13.8 Å². The standard InChI is InChI=1S/C15H16O3S/c1-3-19-15(18)14(11(2)16)13(17)10-9-12-7-5-4-6-8-12/h4-10,17H,3H2,1-2H3/b10-9+,14-13+. The van der Waals surface area contributed by atoms with Crippen molar-refractivity contribution in [3.63, 3.8) is 0 Å². The minimum atomic E-state index is -0.429. The van der Waals surface area contributed by atoms with Gasteiger partial charge in [-0.3, -0.25) is 9.59 Å². The second kappa shape index (κ2) is 7.59. The lowest BCUT2D eigenvalue weighted by molar-refractivity contribution is -0.117. The fourth-order valence-corrected chi connectivity index (χ4v) is 2.11. The average molecular weight is 276 g/mol. The van der Waals surface area contributed by atoms with Crippen LogP contribution >= 0.6 is 11.8 Å². The third kappa shape index (κ3) is 4.75. The summed E-state index contributed by atoms with van der Waals surface area (Å²) in [6, 6.07) is 9.34. The predicted octanol–water partition coefficient (Wildman–Crippen LogP) is 3.38. The van der Waals surface area contributed by atoms with E-state index in [9.17, 15) is 14.7 Å². The van der Waals surface area contributed by atoms with Gasteiger partial charge in [-0.05, 0) is 24.3 Å². The summed E-state index contributed by atoms with van der Waals surface area (Å²) in [5.41, 5.74) is 0.728. The molecule has 19 heavy (non-hydrogen) atoms. The molecule has 0 saturated carbocycles. The van der Waals surface area contributed by atoms with Crippen molar-refractivity contribution in [1.29, 1.82) is 0 Å². The maximum absolute atomic E-state index is 11.7. The Morgan fingerprint density at radius 2 is 1.89 bits per heavy atom. The molecule has 1 N–H and O–H groups in total. The Morgan fingerprint density at radius 3 is 2.42 bits per heavy atom. The van der Waals surface area contributed by atoms with Crippen LogP contribution in [0, 0.1) is 0 Å². The number of allylic oxidation sites excluding steroid dienone is 1. The minimum absolute atomic E-state index is 0.154. The molecule has 0 saturated heterocycles. The van der Waals surface area contributed by atoms with Gasteiger partial charge in [0.2, 0.25) is 5.12 Å². The fraction of sp³-hybridized carbons (Fsp3) is 0.200. The zero-order valence-corrected chi connectivity index (χ0v) is 11.7. The lowest BCUT2D eigenvalue weighted by Gasteiger charge is -2.03. The van der Waals surface area contributed by atoms with Crippen LogP contribution in [0.1, 0.15) is 19.4 Å². The molecule has 0 aliphatic rings. The molecule has 0 heterocycles. The molecule has 0 spiro atoms. The molecule has 3 nitrogen and oxygen atoms in total. The van der Waals surface area contributed by atoms with E-state index in [2.05, 4.69) is 0 Å². The van der Waals surface area contributed by atoms with Gasteiger partial charge in [0.1, 0.15) is 11.3 Å². The number of hydrogen-bond acceptors (Lipinski definition) is 4. The first kappa shape index (κ1) is 15.2. The van der Waals surface area contributed by atoms with E-state index in [1.54, 1.807) is 6.08 Å². The average Bonchev–Trinajstić information content (AvgIpc) is 2.37. The van der Waals surface area contributed by atoms with Crippen LogP contribution in [0.25, 0.3) is 6.08 Å². The number of carbonyl (C=O) groups excluding carboxylic acids is 2. The highest BCUT2D eigenvalue weighted by Crippen LogP contribution is 2.16. The highest BCUT2D eigenvalue weighted by atomic mass is 32.2. The van der Waals surface area contributed by atoms with E-state index in [1.165, 1.54) is 13.0 Å². The van der Waals surface area contributed by atoms with Crippen LogP contribution in [0.15, 0.2) is 47.7 Å². The van der Waals surface area contributed by atoms with Gasteiger partial charge in [-0.2, -0.15) is 0 Å². The van der Waals surface area contributed by atoms with Crippen molar-refractivity contribution in [3.05, 3.63) is 53.3 Å². The molecule has 1 rings (SSSR count). The van der Waals surface area contributed by atoms with Crippen LogP contribution in [0.2, 0.25) is 0 Å². The van der Waals surface area contributed by atoms with Gasteiger partial charge >= 0.3 is 0 Å². The number of aliphatic hydroxyl groups is 1. The smallest absolute Gasteiger partial charge is 0.226 e. The Bertz CT molecular complexity index is 515. The van der Waals surface area contributed by atoms with Crippen LogP contribution < -0.4 is 0 Å². The largest absolute Gasteiger partial charge is 0.507 e. The van der Waals surface area contributed by atoms with Gasteiger partial charge in [-0.25, -0.2) is 0 Å². The van der Waals surface area contributed by atoms with Crippen molar-refractivity contribution in [2.24, 2.45) is 0 Å². The second-order valence-corrected chi connectivity index (χ2v) is 5.02. The molecular weight excluding hydrogens is 260 g/mol. The van der Waals surface area contributed by atoms with E-state index in [-0.39, 0.29) is 11.3 Å². The summed E-state index contributed by atoms with van der Waals surface area (Å²) >= 11 is 1.01. The molecule has 0 aromatic heterocycles. The van der Waals surface area contributed by atoms with E-state index in [0.717, 1.165) is 17.3 Å². The Balaban J connectivity index is 3.00. The van der Waals surface area contributed by atoms with Gasteiger partial charge < -0.3 is 5.11 Å². The number of benzene rings is 1. The molecule has 100 valence electrons. The van der Waals surface area contributed by atoms with E-state index in [4.69, 9.17) is 0 Å². The Kier molecular flexibility index (Phi) is 6.09. The van der Waals surface area contributed by atoms with Gasteiger partial charge in [-0.15, -0.1) is 0 Å². The molecule has 0 amide bonds. The Labute approximate surface area is 117 Å². The predicted molar refractivity (Wildman–Crippen MR) is 79.0 cm³/mol. The zero-order chi connectivity index (χ0) is 14.3. The van der Waals surface area contributed by atoms with Crippen molar-refractivity contribution in [3.8, 4) is 0 Å². The first-order chi connectivity index (χ1) is 9.06. The molecule has 0 aliphatic heterocycles. The normalized spacial score (nSPS) is 12.3. The van der Waals surface area contributed by atoms with E-state index in [0.29, 0.717) is 5.75 Å². The van der Waals surface area contributed by atoms with Crippen LogP contribution in [-0.2, 0) is 9.59 Å². The summed E-state index contributed by atoms with van der Waals surface area (Å²) in [5, 5.41) is 9.48. The third-order valence-corrected chi connectivity index (χ3v) is 3.08. The summed E-state index contributed by atoms with van der Waals surface area (Å²) in [7, 11) is 0. The fourth-order valence-electron chi connectivity index (χ4n) is 1.45. The number of ketones is 1. The minimum Gasteiger partial charge on any atom is -0.507 e. The Hall–Kier alpha value is -1.81. The lowest BCUT2D eigenvalue weighted by atomic mass is 10.1. The molecule has 0 fully saturated rings. The second-order valence-electron chi connectivity index (χ2n) is 3.78. The maximum atomic E-state index is 11.7. The van der Waals surface area contributed by atoms with Crippen LogP contribution in [0.4, 0.5) is 0 Å². The molecule has 4 heteroatoms. The van der Waals surface area contributed by atoms with Crippen LogP contribution in [-0.4, -0.2) is 21.8 Å². The van der Waals surface area contributed by atoms with Crippen molar-refractivity contribution >= 4 is 28.7 Å². The molecular formula is C15H16O3S. The Morgan fingerprint density at radius 1 is 1.26 bits per heavy atom. The summed E-state index contributed by atoms with van der Waals surface area (Å²) < 4.78 is 0. The van der Waals surface area contributed by atoms with Crippen molar-refractivity contribution in [1.82, 2.24) is 0 Å². The number of Topliss-reactive ketones (excluding diaryl/α,β-unsaturated/α-hetero) is 1. The monoisotopic (exact) mass is 276 g/mol. The van der Waals surface area contributed by atoms with Crippen LogP contribution in [0.3, 0.4) is 0 Å². The van der Waals surface area contributed by atoms with Crippen LogP contribution in [0.5, 0.6) is 0 Å². The van der Waals surface area contributed by atoms with E-state index in [1.807, 2.05) is 37.3 Å². The summed E-state index contributed by atoms with van der Waals surface area (Å²) in [4.78, 5) is 23.2. The zero-order valence-electron chi connectivity index (χ0n) is 10.9. The quantitative estimate of drug-likeness (QED) is 0.294. The highest BCUT2D eigenvalue weighted by Gasteiger charge is 2.18. The molecule has 0 aliphatic carbocycles. The SMILES string of the molecule is CCSC(=O)/C(C(C)=O)=C(O)\C=C\c1ccccc1. The van der Waals surface area contributed by atoms with Gasteiger partial charge in [0.15, 0.2) is 5.78 Å². The highest BCUT2D eigenvalue weighted by molar-refractivity contribution is 8.14. The summed E-state index contributed by atoms with van der Waals surface area (Å²) in [6.07, 6.45) is 3.03. The number of thioether (sulfide) groups is 1. The molecule has 0 unspecified atom stereocenters. The van der Waals surface area contributed by atoms with E-state index < -0.39 is 10.9 Å². The van der Waals surface area contributed by atoms with Gasteiger partial charge in [-0.1, -0.05) is 55.1 Å². The first-order valence-electron chi connectivity index (χ1n) is 5.90. The lowest BCUT2D eigenvalue weighted by Crippen LogP contribution is -2.09. The first-order valence-corrected chi connectivity index (χ1v) is 6.89.